The van der Waals surface area contributed by atoms with Crippen molar-refractivity contribution in [2.75, 3.05) is 0 Å². The molecule has 2 aromatic rings. The molecule has 1 atom stereocenters. The van der Waals surface area contributed by atoms with Gasteiger partial charge in [0.25, 0.3) is 0 Å². The molecule has 1 aromatic heterocycles. The SMILES string of the molecule is C[C@H](CC(=O)O)NS(=O)(=O)c1cc2ccccc2s1. The fourth-order valence-corrected chi connectivity index (χ4v) is 4.37. The van der Waals surface area contributed by atoms with Crippen molar-refractivity contribution in [2.45, 2.75) is 23.6 Å². The molecule has 0 amide bonds. The van der Waals surface area contributed by atoms with Gasteiger partial charge in [-0.15, -0.1) is 11.3 Å². The van der Waals surface area contributed by atoms with E-state index in [9.17, 15) is 13.2 Å². The van der Waals surface area contributed by atoms with E-state index in [-0.39, 0.29) is 10.6 Å². The number of fused-ring (bicyclic) bond motifs is 1. The highest BCUT2D eigenvalue weighted by Crippen LogP contribution is 2.28. The molecule has 1 aromatic carbocycles. The van der Waals surface area contributed by atoms with Crippen molar-refractivity contribution in [1.29, 1.82) is 0 Å². The van der Waals surface area contributed by atoms with Crippen LogP contribution in [-0.2, 0) is 14.8 Å². The molecule has 0 aliphatic carbocycles. The first kappa shape index (κ1) is 14.0. The predicted octanol–water partition coefficient (Wildman–Crippen LogP) is 2.04. The van der Waals surface area contributed by atoms with Gasteiger partial charge in [-0.25, -0.2) is 13.1 Å². The number of sulfonamides is 1. The Balaban J connectivity index is 2.26. The first-order valence-corrected chi connectivity index (χ1v) is 7.91. The third kappa shape index (κ3) is 3.31. The van der Waals surface area contributed by atoms with Gasteiger partial charge in [-0.3, -0.25) is 4.79 Å². The van der Waals surface area contributed by atoms with Gasteiger partial charge in [0.05, 0.1) is 6.42 Å². The van der Waals surface area contributed by atoms with Crippen molar-refractivity contribution in [3.05, 3.63) is 30.3 Å². The number of carboxylic acids is 1. The summed E-state index contributed by atoms with van der Waals surface area (Å²) in [6.07, 6.45) is -0.246. The molecule has 1 heterocycles. The molecule has 102 valence electrons. The van der Waals surface area contributed by atoms with E-state index in [0.717, 1.165) is 10.1 Å². The topological polar surface area (TPSA) is 83.5 Å². The summed E-state index contributed by atoms with van der Waals surface area (Å²) < 4.78 is 27.6. The summed E-state index contributed by atoms with van der Waals surface area (Å²) in [6.45, 7) is 1.53. The molecule has 0 aliphatic rings. The van der Waals surface area contributed by atoms with Crippen LogP contribution in [0.15, 0.2) is 34.5 Å². The van der Waals surface area contributed by atoms with Crippen LogP contribution in [0, 0.1) is 0 Å². The van der Waals surface area contributed by atoms with Crippen LogP contribution in [0.4, 0.5) is 0 Å². The van der Waals surface area contributed by atoms with Crippen molar-refractivity contribution in [1.82, 2.24) is 4.72 Å². The quantitative estimate of drug-likeness (QED) is 0.885. The lowest BCUT2D eigenvalue weighted by molar-refractivity contribution is -0.137. The van der Waals surface area contributed by atoms with Crippen molar-refractivity contribution < 1.29 is 18.3 Å². The second-order valence-corrected chi connectivity index (χ2v) is 7.25. The highest BCUT2D eigenvalue weighted by molar-refractivity contribution is 7.91. The molecular formula is C12H13NO4S2. The number of rotatable bonds is 5. The van der Waals surface area contributed by atoms with Gasteiger partial charge in [0, 0.05) is 10.7 Å². The summed E-state index contributed by atoms with van der Waals surface area (Å²) in [5.41, 5.74) is 0. The smallest absolute Gasteiger partial charge is 0.304 e. The number of nitrogens with one attached hydrogen (secondary N) is 1. The number of carboxylic acid groups (broad SMARTS) is 1. The van der Waals surface area contributed by atoms with E-state index in [1.54, 1.807) is 6.07 Å². The van der Waals surface area contributed by atoms with Crippen molar-refractivity contribution in [2.24, 2.45) is 0 Å². The van der Waals surface area contributed by atoms with Crippen LogP contribution in [0.25, 0.3) is 10.1 Å². The van der Waals surface area contributed by atoms with E-state index >= 15 is 0 Å². The highest BCUT2D eigenvalue weighted by Gasteiger charge is 2.21. The maximum Gasteiger partial charge on any atom is 0.304 e. The Hall–Kier alpha value is -1.44. The Labute approximate surface area is 114 Å². The minimum Gasteiger partial charge on any atom is -0.481 e. The Bertz CT molecular complexity index is 672. The molecule has 0 bridgehead atoms. The number of aliphatic carboxylic acids is 1. The second kappa shape index (κ2) is 5.28. The van der Waals surface area contributed by atoms with E-state index < -0.39 is 22.0 Å². The number of thiophene rings is 1. The average Bonchev–Trinajstić information content (AvgIpc) is 2.71. The van der Waals surface area contributed by atoms with E-state index in [2.05, 4.69) is 4.72 Å². The Morgan fingerprint density at radius 2 is 2.11 bits per heavy atom. The number of benzene rings is 1. The molecule has 7 heteroatoms. The maximum atomic E-state index is 12.1. The summed E-state index contributed by atoms with van der Waals surface area (Å²) >= 11 is 1.17. The van der Waals surface area contributed by atoms with Gasteiger partial charge in [0.1, 0.15) is 4.21 Å². The largest absolute Gasteiger partial charge is 0.481 e. The summed E-state index contributed by atoms with van der Waals surface area (Å²) in [7, 11) is -3.66. The minimum absolute atomic E-state index is 0.200. The molecule has 0 saturated carbocycles. The lowest BCUT2D eigenvalue weighted by Crippen LogP contribution is -2.33. The van der Waals surface area contributed by atoms with Gasteiger partial charge in [-0.05, 0) is 24.4 Å². The fraction of sp³-hybridized carbons (Fsp3) is 0.250. The Morgan fingerprint density at radius 1 is 1.42 bits per heavy atom. The molecule has 0 aliphatic heterocycles. The molecule has 0 saturated heterocycles. The average molecular weight is 299 g/mol. The standard InChI is InChI=1S/C12H13NO4S2/c1-8(6-11(14)15)13-19(16,17)12-7-9-4-2-3-5-10(9)18-12/h2-5,7-8,13H,6H2,1H3,(H,14,15)/t8-/m1/s1. The molecule has 5 nitrogen and oxygen atoms in total. The third-order valence-corrected chi connectivity index (χ3v) is 5.68. The first-order chi connectivity index (χ1) is 8.88. The highest BCUT2D eigenvalue weighted by atomic mass is 32.2. The molecule has 0 fully saturated rings. The normalized spacial score (nSPS) is 13.5. The van der Waals surface area contributed by atoms with E-state index in [1.165, 1.54) is 18.3 Å². The van der Waals surface area contributed by atoms with Crippen molar-refractivity contribution >= 4 is 37.4 Å². The zero-order valence-corrected chi connectivity index (χ0v) is 11.8. The molecular weight excluding hydrogens is 286 g/mol. The summed E-state index contributed by atoms with van der Waals surface area (Å²) in [5, 5.41) is 9.49. The van der Waals surface area contributed by atoms with Gasteiger partial charge in [-0.1, -0.05) is 18.2 Å². The van der Waals surface area contributed by atoms with Crippen molar-refractivity contribution in [3.63, 3.8) is 0 Å². The second-order valence-electron chi connectivity index (χ2n) is 4.22. The lowest BCUT2D eigenvalue weighted by atomic mass is 10.3. The van der Waals surface area contributed by atoms with Crippen LogP contribution in [0.5, 0.6) is 0 Å². The fourth-order valence-electron chi connectivity index (χ4n) is 1.72. The van der Waals surface area contributed by atoms with Gasteiger partial charge < -0.3 is 5.11 Å². The Morgan fingerprint density at radius 3 is 2.74 bits per heavy atom. The molecule has 2 rings (SSSR count). The lowest BCUT2D eigenvalue weighted by Gasteiger charge is -2.10. The summed E-state index contributed by atoms with van der Waals surface area (Å²) in [4.78, 5) is 10.5. The van der Waals surface area contributed by atoms with Gasteiger partial charge >= 0.3 is 5.97 Å². The molecule has 0 radical (unpaired) electrons. The predicted molar refractivity (Wildman–Crippen MR) is 73.9 cm³/mol. The summed E-state index contributed by atoms with van der Waals surface area (Å²) in [6, 6.07) is 8.32. The van der Waals surface area contributed by atoms with Crippen LogP contribution in [0.1, 0.15) is 13.3 Å². The van der Waals surface area contributed by atoms with Crippen LogP contribution < -0.4 is 4.72 Å². The van der Waals surface area contributed by atoms with Crippen LogP contribution in [0.2, 0.25) is 0 Å². The number of hydrogen-bond acceptors (Lipinski definition) is 4. The maximum absolute atomic E-state index is 12.1. The zero-order chi connectivity index (χ0) is 14.0. The van der Waals surface area contributed by atoms with Crippen LogP contribution in [-0.4, -0.2) is 25.5 Å². The third-order valence-electron chi connectivity index (χ3n) is 2.50. The zero-order valence-electron chi connectivity index (χ0n) is 10.2. The van der Waals surface area contributed by atoms with E-state index in [1.807, 2.05) is 24.3 Å². The molecule has 19 heavy (non-hydrogen) atoms. The molecule has 0 unspecified atom stereocenters. The van der Waals surface area contributed by atoms with E-state index in [4.69, 9.17) is 5.11 Å². The van der Waals surface area contributed by atoms with Crippen LogP contribution >= 0.6 is 11.3 Å². The number of hydrogen-bond donors (Lipinski definition) is 2. The van der Waals surface area contributed by atoms with Crippen LogP contribution in [0.3, 0.4) is 0 Å². The van der Waals surface area contributed by atoms with E-state index in [0.29, 0.717) is 0 Å². The first-order valence-electron chi connectivity index (χ1n) is 5.61. The summed E-state index contributed by atoms with van der Waals surface area (Å²) in [5.74, 6) is -1.04. The molecule has 2 N–H and O–H groups in total. The van der Waals surface area contributed by atoms with Gasteiger partial charge in [-0.2, -0.15) is 0 Å². The minimum atomic E-state index is -3.66. The van der Waals surface area contributed by atoms with Gasteiger partial charge in [0.2, 0.25) is 10.0 Å². The van der Waals surface area contributed by atoms with Crippen molar-refractivity contribution in [3.8, 4) is 0 Å². The number of carbonyl (C=O) groups is 1. The Kier molecular flexibility index (Phi) is 3.88. The monoisotopic (exact) mass is 299 g/mol. The van der Waals surface area contributed by atoms with Gasteiger partial charge in [0.15, 0.2) is 0 Å². The molecule has 0 spiro atoms.